The number of fused-ring (bicyclic) bond motifs is 2. The van der Waals surface area contributed by atoms with Gasteiger partial charge in [-0.2, -0.15) is 10.2 Å². The maximum absolute atomic E-state index is 14.8. The summed E-state index contributed by atoms with van der Waals surface area (Å²) in [6.07, 6.45) is 11.8. The predicted molar refractivity (Wildman–Crippen MR) is 151 cm³/mol. The number of rotatable bonds is 7. The lowest BCUT2D eigenvalue weighted by Crippen LogP contribution is -2.20. The van der Waals surface area contributed by atoms with Crippen molar-refractivity contribution < 1.29 is 4.39 Å². The third-order valence-corrected chi connectivity index (χ3v) is 7.66. The van der Waals surface area contributed by atoms with E-state index in [9.17, 15) is 4.39 Å². The molecule has 1 aromatic carbocycles. The molecule has 1 aliphatic heterocycles. The molecular weight excluding hydrogens is 491 g/mol. The van der Waals surface area contributed by atoms with Gasteiger partial charge in [0.25, 0.3) is 0 Å². The second-order valence-corrected chi connectivity index (χ2v) is 10.4. The maximum Gasteiger partial charge on any atom is 0.181 e. The average molecular weight is 521 g/mol. The van der Waals surface area contributed by atoms with Gasteiger partial charge < -0.3 is 9.88 Å². The van der Waals surface area contributed by atoms with Crippen LogP contribution >= 0.6 is 0 Å². The largest absolute Gasteiger partial charge is 0.338 e. The fraction of sp³-hybridized carbons (Fsp3) is 0.267. The molecule has 8 nitrogen and oxygen atoms in total. The van der Waals surface area contributed by atoms with E-state index in [0.29, 0.717) is 5.65 Å². The fourth-order valence-corrected chi connectivity index (χ4v) is 5.71. The monoisotopic (exact) mass is 520 g/mol. The van der Waals surface area contributed by atoms with E-state index in [0.717, 1.165) is 75.0 Å². The molecule has 0 saturated carbocycles. The molecule has 0 bridgehead atoms. The van der Waals surface area contributed by atoms with Gasteiger partial charge in [-0.1, -0.05) is 6.07 Å². The molecule has 0 aliphatic carbocycles. The Bertz CT molecular complexity index is 1790. The molecule has 39 heavy (non-hydrogen) atoms. The van der Waals surface area contributed by atoms with Crippen molar-refractivity contribution in [3.8, 4) is 33.6 Å². The number of halogens is 1. The first-order chi connectivity index (χ1) is 19.1. The van der Waals surface area contributed by atoms with Crippen LogP contribution in [0.5, 0.6) is 0 Å². The van der Waals surface area contributed by atoms with Crippen LogP contribution in [0.4, 0.5) is 4.39 Å². The quantitative estimate of drug-likeness (QED) is 0.280. The van der Waals surface area contributed by atoms with Gasteiger partial charge in [0.05, 0.1) is 17.6 Å². The van der Waals surface area contributed by atoms with E-state index in [1.807, 2.05) is 31.7 Å². The Morgan fingerprint density at radius 3 is 2.69 bits per heavy atom. The number of hydrogen-bond acceptors (Lipinski definition) is 5. The van der Waals surface area contributed by atoms with Gasteiger partial charge in [0.1, 0.15) is 11.5 Å². The zero-order valence-corrected chi connectivity index (χ0v) is 21.8. The highest BCUT2D eigenvalue weighted by Gasteiger charge is 2.16. The van der Waals surface area contributed by atoms with Crippen molar-refractivity contribution in [2.75, 3.05) is 19.6 Å². The van der Waals surface area contributed by atoms with Gasteiger partial charge in [-0.25, -0.2) is 14.4 Å². The minimum Gasteiger partial charge on any atom is -0.338 e. The lowest BCUT2D eigenvalue weighted by atomic mass is 9.99. The number of benzene rings is 1. The predicted octanol–water partition coefficient (Wildman–Crippen LogP) is 5.74. The van der Waals surface area contributed by atoms with Crippen molar-refractivity contribution in [3.63, 3.8) is 0 Å². The summed E-state index contributed by atoms with van der Waals surface area (Å²) in [7, 11) is 1.89. The molecular formula is C30H29FN8. The zero-order chi connectivity index (χ0) is 26.3. The lowest BCUT2D eigenvalue weighted by molar-refractivity contribution is 0.334. The molecule has 7 rings (SSSR count). The lowest BCUT2D eigenvalue weighted by Gasteiger charge is -2.14. The highest BCUT2D eigenvalue weighted by atomic mass is 19.1. The molecule has 2 N–H and O–H groups in total. The van der Waals surface area contributed by atoms with Crippen LogP contribution < -0.4 is 0 Å². The molecule has 1 fully saturated rings. The van der Waals surface area contributed by atoms with E-state index in [-0.39, 0.29) is 5.82 Å². The summed E-state index contributed by atoms with van der Waals surface area (Å²) in [6, 6.07) is 11.5. The number of aromatic nitrogens is 7. The maximum atomic E-state index is 14.8. The minimum atomic E-state index is -0.210. The van der Waals surface area contributed by atoms with Gasteiger partial charge >= 0.3 is 0 Å². The minimum absolute atomic E-state index is 0.210. The standard InChI is InChI=1S/C30H29FN8/c1-38-18-22(17-34-38)21-14-26-28(36-37-30(26)33-16-21)27-15-25-24(6-7-32-29(25)35-27)20-11-19(12-23(31)13-20)5-4-10-39-8-2-3-9-39/h6-7,11-18H,2-5,8-10H2,1H3,(H,32,35)(H,33,36,37). The Balaban J connectivity index is 1.23. The number of hydrogen-bond donors (Lipinski definition) is 2. The smallest absolute Gasteiger partial charge is 0.181 e. The van der Waals surface area contributed by atoms with E-state index in [1.165, 1.54) is 25.9 Å². The molecule has 0 atom stereocenters. The molecule has 1 saturated heterocycles. The Hall–Kier alpha value is -4.37. The van der Waals surface area contributed by atoms with E-state index in [4.69, 9.17) is 0 Å². The van der Waals surface area contributed by atoms with E-state index in [2.05, 4.69) is 53.3 Å². The highest BCUT2D eigenvalue weighted by Crippen LogP contribution is 2.34. The van der Waals surface area contributed by atoms with Crippen LogP contribution in [0.25, 0.3) is 55.7 Å². The number of aromatic amines is 2. The second kappa shape index (κ2) is 9.74. The van der Waals surface area contributed by atoms with Crippen molar-refractivity contribution >= 4 is 22.1 Å². The summed E-state index contributed by atoms with van der Waals surface area (Å²) in [6.45, 7) is 3.44. The first-order valence-electron chi connectivity index (χ1n) is 13.4. The SMILES string of the molecule is Cn1cc(-c2cnc3n[nH]c(-c4cc5c(-c6cc(F)cc(CCCN7CCCC7)c6)ccnc5[nH]4)c3c2)cn1. The van der Waals surface area contributed by atoms with E-state index < -0.39 is 0 Å². The van der Waals surface area contributed by atoms with Crippen molar-refractivity contribution in [2.24, 2.45) is 7.05 Å². The van der Waals surface area contributed by atoms with E-state index >= 15 is 0 Å². The number of pyridine rings is 2. The molecule has 6 aromatic rings. The average Bonchev–Trinajstić information content (AvgIpc) is 3.74. The zero-order valence-electron chi connectivity index (χ0n) is 21.8. The third-order valence-electron chi connectivity index (χ3n) is 7.66. The number of nitrogens with zero attached hydrogens (tertiary/aromatic N) is 6. The Kier molecular flexibility index (Phi) is 5.93. The van der Waals surface area contributed by atoms with Gasteiger partial charge in [0.2, 0.25) is 0 Å². The number of likely N-dealkylation sites (tertiary alicyclic amines) is 1. The van der Waals surface area contributed by atoms with Crippen molar-refractivity contribution in [1.29, 1.82) is 0 Å². The summed E-state index contributed by atoms with van der Waals surface area (Å²) in [5.41, 5.74) is 7.83. The summed E-state index contributed by atoms with van der Waals surface area (Å²) < 4.78 is 16.5. The molecule has 0 amide bonds. The fourth-order valence-electron chi connectivity index (χ4n) is 5.71. The summed E-state index contributed by atoms with van der Waals surface area (Å²) in [5, 5.41) is 13.7. The van der Waals surface area contributed by atoms with Crippen LogP contribution in [-0.4, -0.2) is 59.5 Å². The van der Waals surface area contributed by atoms with Crippen molar-refractivity contribution in [1.82, 2.24) is 39.8 Å². The van der Waals surface area contributed by atoms with Gasteiger partial charge in [0, 0.05) is 47.5 Å². The molecule has 0 unspecified atom stereocenters. The molecule has 5 aromatic heterocycles. The number of H-pyrrole nitrogens is 2. The molecule has 6 heterocycles. The van der Waals surface area contributed by atoms with Crippen molar-refractivity contribution in [2.45, 2.75) is 25.7 Å². The Labute approximate surface area is 224 Å². The van der Waals surface area contributed by atoms with Crippen LogP contribution in [0.15, 0.2) is 61.2 Å². The number of aryl methyl sites for hydroxylation is 2. The number of nitrogens with one attached hydrogen (secondary N) is 2. The van der Waals surface area contributed by atoms with Crippen molar-refractivity contribution in [3.05, 3.63) is 72.6 Å². The van der Waals surface area contributed by atoms with Gasteiger partial charge in [-0.15, -0.1) is 0 Å². The second-order valence-electron chi connectivity index (χ2n) is 10.4. The topological polar surface area (TPSA) is 91.3 Å². The Morgan fingerprint density at radius 1 is 0.949 bits per heavy atom. The highest BCUT2D eigenvalue weighted by molar-refractivity contribution is 5.99. The molecule has 1 aliphatic rings. The third kappa shape index (κ3) is 4.59. The van der Waals surface area contributed by atoms with Gasteiger partial charge in [0.15, 0.2) is 5.65 Å². The first kappa shape index (κ1) is 23.7. The van der Waals surface area contributed by atoms with Crippen LogP contribution in [-0.2, 0) is 13.5 Å². The molecule has 0 spiro atoms. The van der Waals surface area contributed by atoms with Crippen LogP contribution in [0, 0.1) is 5.82 Å². The molecule has 9 heteroatoms. The molecule has 196 valence electrons. The van der Waals surface area contributed by atoms with E-state index in [1.54, 1.807) is 23.0 Å². The van der Waals surface area contributed by atoms with Gasteiger partial charge in [-0.3, -0.25) is 9.78 Å². The van der Waals surface area contributed by atoms with Crippen LogP contribution in [0.1, 0.15) is 24.8 Å². The normalized spacial score (nSPS) is 14.2. The first-order valence-corrected chi connectivity index (χ1v) is 13.4. The molecule has 0 radical (unpaired) electrons. The Morgan fingerprint density at radius 2 is 1.85 bits per heavy atom. The summed E-state index contributed by atoms with van der Waals surface area (Å²) >= 11 is 0. The summed E-state index contributed by atoms with van der Waals surface area (Å²) in [4.78, 5) is 15.1. The van der Waals surface area contributed by atoms with Gasteiger partial charge in [-0.05, 0) is 92.3 Å². The van der Waals surface area contributed by atoms with Crippen LogP contribution in [0.2, 0.25) is 0 Å². The van der Waals surface area contributed by atoms with Crippen LogP contribution in [0.3, 0.4) is 0 Å². The summed E-state index contributed by atoms with van der Waals surface area (Å²) in [5.74, 6) is -0.210.